The third kappa shape index (κ3) is 1.99. The minimum Gasteiger partial charge on any atom is -0.330 e. The molecule has 0 atom stereocenters. The smallest absolute Gasteiger partial charge is 0.0159 e. The number of fused-ring (bicyclic) bond motifs is 3. The predicted molar refractivity (Wildman–Crippen MR) is 86.7 cm³/mol. The molecule has 0 unspecified atom stereocenters. The molecule has 1 heteroatoms. The van der Waals surface area contributed by atoms with Crippen molar-refractivity contribution in [3.05, 3.63) is 65.2 Å². The number of benzene rings is 2. The Hall–Kier alpha value is -1.86. The van der Waals surface area contributed by atoms with Gasteiger partial charge in [0.15, 0.2) is 0 Å². The largest absolute Gasteiger partial charge is 0.330 e. The van der Waals surface area contributed by atoms with Gasteiger partial charge in [-0.2, -0.15) is 0 Å². The maximum atomic E-state index is 5.53. The van der Waals surface area contributed by atoms with Gasteiger partial charge in [-0.3, -0.25) is 0 Å². The molecule has 0 heterocycles. The second-order valence-corrected chi connectivity index (χ2v) is 5.96. The van der Waals surface area contributed by atoms with E-state index >= 15 is 0 Å². The number of rotatable bonds is 3. The summed E-state index contributed by atoms with van der Waals surface area (Å²) in [6, 6.07) is 15.5. The van der Waals surface area contributed by atoms with Crippen LogP contribution in [0.25, 0.3) is 17.2 Å². The van der Waals surface area contributed by atoms with E-state index in [1.807, 2.05) is 0 Å². The second-order valence-electron chi connectivity index (χ2n) is 5.96. The summed E-state index contributed by atoms with van der Waals surface area (Å²) in [6.45, 7) is 5.33. The first-order valence-corrected chi connectivity index (χ1v) is 7.25. The van der Waals surface area contributed by atoms with E-state index in [1.165, 1.54) is 27.8 Å². The summed E-state index contributed by atoms with van der Waals surface area (Å²) in [5.74, 6) is 0. The van der Waals surface area contributed by atoms with Crippen LogP contribution in [0.5, 0.6) is 0 Å². The van der Waals surface area contributed by atoms with Crippen LogP contribution in [0, 0.1) is 0 Å². The van der Waals surface area contributed by atoms with E-state index < -0.39 is 0 Å². The minimum atomic E-state index is 0.0869. The van der Waals surface area contributed by atoms with Gasteiger partial charge in [0.1, 0.15) is 0 Å². The first-order valence-electron chi connectivity index (χ1n) is 7.25. The van der Waals surface area contributed by atoms with Gasteiger partial charge in [0.25, 0.3) is 0 Å². The van der Waals surface area contributed by atoms with Crippen LogP contribution in [0.1, 0.15) is 37.0 Å². The molecule has 0 fully saturated rings. The molecule has 1 nitrogen and oxygen atoms in total. The second kappa shape index (κ2) is 4.92. The Morgan fingerprint density at radius 1 is 1.00 bits per heavy atom. The summed E-state index contributed by atoms with van der Waals surface area (Å²) in [4.78, 5) is 0. The van der Waals surface area contributed by atoms with Gasteiger partial charge < -0.3 is 5.73 Å². The van der Waals surface area contributed by atoms with E-state index in [-0.39, 0.29) is 5.41 Å². The number of hydrogen-bond donors (Lipinski definition) is 1. The molecule has 0 amide bonds. The molecule has 2 aromatic carbocycles. The van der Waals surface area contributed by atoms with Gasteiger partial charge in [-0.25, -0.2) is 0 Å². The first kappa shape index (κ1) is 13.1. The van der Waals surface area contributed by atoms with Gasteiger partial charge in [-0.1, -0.05) is 68.5 Å². The standard InChI is InChI=1S/C19H21N/c1-19(2)17-9-4-3-8-15(17)16-11-10-14(13-18(16)19)7-5-6-12-20/h3-5,7-11,13H,6,12,20H2,1-2H3. The zero-order valence-corrected chi connectivity index (χ0v) is 12.2. The highest BCUT2D eigenvalue weighted by molar-refractivity contribution is 5.81. The SMILES string of the molecule is CC1(C)c2ccccc2-c2ccc(C=CCCN)cc21. The van der Waals surface area contributed by atoms with E-state index in [1.54, 1.807) is 0 Å². The fourth-order valence-corrected chi connectivity index (χ4v) is 3.14. The average molecular weight is 263 g/mol. The summed E-state index contributed by atoms with van der Waals surface area (Å²) in [6.07, 6.45) is 5.25. The molecule has 1 aliphatic rings. The summed E-state index contributed by atoms with van der Waals surface area (Å²) < 4.78 is 0. The fraction of sp³-hybridized carbons (Fsp3) is 0.263. The minimum absolute atomic E-state index is 0.0869. The number of hydrogen-bond acceptors (Lipinski definition) is 1. The van der Waals surface area contributed by atoms with Crippen molar-refractivity contribution in [2.75, 3.05) is 6.54 Å². The number of nitrogens with two attached hydrogens (primary N) is 1. The molecular formula is C19H21N. The van der Waals surface area contributed by atoms with E-state index in [9.17, 15) is 0 Å². The summed E-state index contributed by atoms with van der Waals surface area (Å²) in [7, 11) is 0. The van der Waals surface area contributed by atoms with E-state index in [2.05, 4.69) is 68.5 Å². The molecule has 0 spiro atoms. The van der Waals surface area contributed by atoms with Crippen LogP contribution >= 0.6 is 0 Å². The van der Waals surface area contributed by atoms with Crippen molar-refractivity contribution in [1.82, 2.24) is 0 Å². The molecule has 20 heavy (non-hydrogen) atoms. The van der Waals surface area contributed by atoms with E-state index in [4.69, 9.17) is 5.73 Å². The van der Waals surface area contributed by atoms with Crippen LogP contribution in [0.4, 0.5) is 0 Å². The maximum Gasteiger partial charge on any atom is 0.0159 e. The molecule has 0 aliphatic heterocycles. The van der Waals surface area contributed by atoms with Crippen molar-refractivity contribution < 1.29 is 0 Å². The maximum absolute atomic E-state index is 5.53. The van der Waals surface area contributed by atoms with Crippen LogP contribution < -0.4 is 5.73 Å². The molecule has 0 bridgehead atoms. The lowest BCUT2D eigenvalue weighted by Crippen LogP contribution is -2.14. The normalized spacial score (nSPS) is 15.3. The third-order valence-electron chi connectivity index (χ3n) is 4.25. The molecule has 1 aliphatic carbocycles. The molecular weight excluding hydrogens is 242 g/mol. The van der Waals surface area contributed by atoms with E-state index in [0.717, 1.165) is 6.42 Å². The molecule has 3 rings (SSSR count). The highest BCUT2D eigenvalue weighted by Crippen LogP contribution is 2.48. The van der Waals surface area contributed by atoms with Crippen LogP contribution in [-0.4, -0.2) is 6.54 Å². The monoisotopic (exact) mass is 263 g/mol. The molecule has 2 aromatic rings. The first-order chi connectivity index (χ1) is 9.64. The molecule has 2 N–H and O–H groups in total. The zero-order valence-electron chi connectivity index (χ0n) is 12.2. The fourth-order valence-electron chi connectivity index (χ4n) is 3.14. The van der Waals surface area contributed by atoms with Gasteiger partial charge >= 0.3 is 0 Å². The molecule has 0 aromatic heterocycles. The van der Waals surface area contributed by atoms with Crippen molar-refractivity contribution >= 4 is 6.08 Å². The zero-order chi connectivity index (χ0) is 14.2. The van der Waals surface area contributed by atoms with Crippen molar-refractivity contribution in [3.63, 3.8) is 0 Å². The van der Waals surface area contributed by atoms with Crippen LogP contribution in [-0.2, 0) is 5.41 Å². The van der Waals surface area contributed by atoms with Crippen molar-refractivity contribution in [1.29, 1.82) is 0 Å². The Kier molecular flexibility index (Phi) is 3.23. The Morgan fingerprint density at radius 2 is 1.75 bits per heavy atom. The lowest BCUT2D eigenvalue weighted by Gasteiger charge is -2.21. The highest BCUT2D eigenvalue weighted by Gasteiger charge is 2.34. The quantitative estimate of drug-likeness (QED) is 0.875. The van der Waals surface area contributed by atoms with Gasteiger partial charge in [0, 0.05) is 5.41 Å². The lowest BCUT2D eigenvalue weighted by atomic mass is 9.82. The molecule has 102 valence electrons. The van der Waals surface area contributed by atoms with Gasteiger partial charge in [0.05, 0.1) is 0 Å². The molecule has 0 saturated carbocycles. The van der Waals surface area contributed by atoms with Gasteiger partial charge in [-0.15, -0.1) is 0 Å². The van der Waals surface area contributed by atoms with Crippen LogP contribution in [0.2, 0.25) is 0 Å². The Bertz CT molecular complexity index is 665. The van der Waals surface area contributed by atoms with Crippen LogP contribution in [0.15, 0.2) is 48.5 Å². The molecule has 0 radical (unpaired) electrons. The average Bonchev–Trinajstić information content (AvgIpc) is 2.69. The Morgan fingerprint density at radius 3 is 2.55 bits per heavy atom. The van der Waals surface area contributed by atoms with Crippen molar-refractivity contribution in [3.8, 4) is 11.1 Å². The van der Waals surface area contributed by atoms with Crippen molar-refractivity contribution in [2.45, 2.75) is 25.7 Å². The van der Waals surface area contributed by atoms with E-state index in [0.29, 0.717) is 6.54 Å². The molecule has 0 saturated heterocycles. The van der Waals surface area contributed by atoms with Gasteiger partial charge in [0.2, 0.25) is 0 Å². The topological polar surface area (TPSA) is 26.0 Å². The summed E-state index contributed by atoms with van der Waals surface area (Å²) in [5.41, 5.74) is 12.5. The lowest BCUT2D eigenvalue weighted by molar-refractivity contribution is 0.660. The Balaban J connectivity index is 2.08. The summed E-state index contributed by atoms with van der Waals surface area (Å²) in [5, 5.41) is 0. The third-order valence-corrected chi connectivity index (χ3v) is 4.25. The van der Waals surface area contributed by atoms with Gasteiger partial charge in [-0.05, 0) is 40.8 Å². The summed E-state index contributed by atoms with van der Waals surface area (Å²) >= 11 is 0. The predicted octanol–water partition coefficient (Wildman–Crippen LogP) is 4.35. The van der Waals surface area contributed by atoms with Crippen molar-refractivity contribution in [2.24, 2.45) is 5.73 Å². The Labute approximate surface area is 121 Å². The highest BCUT2D eigenvalue weighted by atomic mass is 14.5. The van der Waals surface area contributed by atoms with Crippen LogP contribution in [0.3, 0.4) is 0 Å².